The largest absolute Gasteiger partial charge is 0.460 e. The van der Waals surface area contributed by atoms with Gasteiger partial charge in [0.15, 0.2) is 0 Å². The minimum Gasteiger partial charge on any atom is -0.460 e. The van der Waals surface area contributed by atoms with E-state index in [1.54, 1.807) is 0 Å². The van der Waals surface area contributed by atoms with Crippen LogP contribution < -0.4 is 0 Å². The number of unbranched alkanes of at least 4 members (excludes halogenated alkanes) is 1. The van der Waals surface area contributed by atoms with Crippen molar-refractivity contribution in [2.24, 2.45) is 0 Å². The van der Waals surface area contributed by atoms with E-state index in [4.69, 9.17) is 22.2 Å². The predicted molar refractivity (Wildman–Crippen MR) is 66.5 cm³/mol. The number of carbonyl (C=O) groups excluding carboxylic acids is 1. The van der Waals surface area contributed by atoms with Crippen molar-refractivity contribution in [3.63, 3.8) is 0 Å². The van der Waals surface area contributed by atoms with Gasteiger partial charge in [0.1, 0.15) is 10.6 Å². The van der Waals surface area contributed by atoms with Gasteiger partial charge in [-0.25, -0.2) is 0 Å². The Morgan fingerprint density at radius 3 is 2.25 bits per heavy atom. The lowest BCUT2D eigenvalue weighted by Gasteiger charge is -2.19. The standard InChI is InChI=1S/C11H21NO3S/c1-11(2,3)15-10(13)8-6-5-7-9(16)12(4)14/h14H,5-8H2,1-4H3. The van der Waals surface area contributed by atoms with Gasteiger partial charge in [-0.2, -0.15) is 0 Å². The minimum absolute atomic E-state index is 0.184. The molecule has 0 atom stereocenters. The molecule has 0 heterocycles. The smallest absolute Gasteiger partial charge is 0.306 e. The molecule has 0 fully saturated rings. The van der Waals surface area contributed by atoms with Crippen LogP contribution in [0.2, 0.25) is 0 Å². The molecule has 0 amide bonds. The summed E-state index contributed by atoms with van der Waals surface area (Å²) in [5, 5.41) is 9.92. The fraction of sp³-hybridized carbons (Fsp3) is 0.818. The average molecular weight is 247 g/mol. The van der Waals surface area contributed by atoms with Gasteiger partial charge < -0.3 is 4.74 Å². The first-order valence-corrected chi connectivity index (χ1v) is 5.80. The van der Waals surface area contributed by atoms with E-state index in [2.05, 4.69) is 0 Å². The molecule has 0 rings (SSSR count). The zero-order valence-electron chi connectivity index (χ0n) is 10.4. The summed E-state index contributed by atoms with van der Waals surface area (Å²) in [7, 11) is 1.50. The van der Waals surface area contributed by atoms with Gasteiger partial charge >= 0.3 is 5.97 Å². The molecular weight excluding hydrogens is 226 g/mol. The highest BCUT2D eigenvalue weighted by Gasteiger charge is 2.15. The number of rotatable bonds is 5. The number of thiocarbonyl (C=S) groups is 1. The van der Waals surface area contributed by atoms with Crippen LogP contribution in [0.5, 0.6) is 0 Å². The number of carbonyl (C=O) groups is 1. The van der Waals surface area contributed by atoms with E-state index in [-0.39, 0.29) is 5.97 Å². The van der Waals surface area contributed by atoms with Crippen LogP contribution in [0.15, 0.2) is 0 Å². The third-order valence-electron chi connectivity index (χ3n) is 1.80. The SMILES string of the molecule is CN(O)C(=S)CCCCC(=O)OC(C)(C)C. The van der Waals surface area contributed by atoms with Gasteiger partial charge in [0.05, 0.1) is 0 Å². The van der Waals surface area contributed by atoms with E-state index in [0.29, 0.717) is 17.8 Å². The molecule has 16 heavy (non-hydrogen) atoms. The molecule has 0 aliphatic rings. The second kappa shape index (κ2) is 6.81. The molecule has 0 aromatic carbocycles. The normalized spacial score (nSPS) is 11.1. The number of hydrogen-bond acceptors (Lipinski definition) is 4. The second-order valence-electron chi connectivity index (χ2n) is 4.71. The van der Waals surface area contributed by atoms with Crippen LogP contribution in [-0.4, -0.2) is 33.9 Å². The van der Waals surface area contributed by atoms with Crippen molar-refractivity contribution in [1.82, 2.24) is 5.06 Å². The highest BCUT2D eigenvalue weighted by Crippen LogP contribution is 2.10. The molecular formula is C11H21NO3S. The summed E-state index contributed by atoms with van der Waals surface area (Å²) in [6, 6.07) is 0. The Morgan fingerprint density at radius 2 is 1.81 bits per heavy atom. The number of hydroxylamine groups is 2. The lowest BCUT2D eigenvalue weighted by molar-refractivity contribution is -0.154. The van der Waals surface area contributed by atoms with Gasteiger partial charge in [-0.05, 0) is 33.6 Å². The minimum atomic E-state index is -0.419. The number of ether oxygens (including phenoxy) is 1. The quantitative estimate of drug-likeness (QED) is 0.350. The Hall–Kier alpha value is -0.680. The second-order valence-corrected chi connectivity index (χ2v) is 5.18. The number of hydrogen-bond donors (Lipinski definition) is 1. The van der Waals surface area contributed by atoms with Crippen molar-refractivity contribution in [2.45, 2.75) is 52.1 Å². The van der Waals surface area contributed by atoms with Crippen LogP contribution in [0.1, 0.15) is 46.5 Å². The predicted octanol–water partition coefficient (Wildman–Crippen LogP) is 2.54. The molecule has 0 radical (unpaired) electrons. The van der Waals surface area contributed by atoms with Crippen LogP contribution in [0, 0.1) is 0 Å². The maximum absolute atomic E-state index is 11.3. The Kier molecular flexibility index (Phi) is 6.52. The van der Waals surface area contributed by atoms with E-state index in [1.807, 2.05) is 20.8 Å². The van der Waals surface area contributed by atoms with Crippen molar-refractivity contribution in [3.05, 3.63) is 0 Å². The molecule has 1 N–H and O–H groups in total. The topological polar surface area (TPSA) is 49.8 Å². The molecule has 0 saturated carbocycles. The van der Waals surface area contributed by atoms with E-state index >= 15 is 0 Å². The summed E-state index contributed by atoms with van der Waals surface area (Å²) in [4.78, 5) is 11.8. The van der Waals surface area contributed by atoms with Crippen LogP contribution in [0.25, 0.3) is 0 Å². The molecule has 94 valence electrons. The summed E-state index contributed by atoms with van der Waals surface area (Å²) >= 11 is 4.90. The zero-order chi connectivity index (χ0) is 12.8. The highest BCUT2D eigenvalue weighted by atomic mass is 32.1. The maximum atomic E-state index is 11.3. The lowest BCUT2D eigenvalue weighted by atomic mass is 10.1. The summed E-state index contributed by atoms with van der Waals surface area (Å²) in [5.41, 5.74) is -0.419. The molecule has 0 unspecified atom stereocenters. The zero-order valence-corrected chi connectivity index (χ0v) is 11.3. The lowest BCUT2D eigenvalue weighted by Crippen LogP contribution is -2.23. The Morgan fingerprint density at radius 1 is 1.31 bits per heavy atom. The van der Waals surface area contributed by atoms with Gasteiger partial charge in [0.2, 0.25) is 0 Å². The first-order valence-electron chi connectivity index (χ1n) is 5.39. The molecule has 0 aromatic heterocycles. The molecule has 5 heteroatoms. The highest BCUT2D eigenvalue weighted by molar-refractivity contribution is 7.80. The van der Waals surface area contributed by atoms with Crippen molar-refractivity contribution in [2.75, 3.05) is 7.05 Å². The maximum Gasteiger partial charge on any atom is 0.306 e. The summed E-state index contributed by atoms with van der Waals surface area (Å²) in [5.74, 6) is -0.184. The average Bonchev–Trinajstić information content (AvgIpc) is 2.08. The van der Waals surface area contributed by atoms with Gasteiger partial charge in [0, 0.05) is 19.9 Å². The van der Waals surface area contributed by atoms with Crippen molar-refractivity contribution in [3.8, 4) is 0 Å². The monoisotopic (exact) mass is 247 g/mol. The summed E-state index contributed by atoms with van der Waals surface area (Å²) in [6.45, 7) is 5.54. The third kappa shape index (κ3) is 8.61. The van der Waals surface area contributed by atoms with E-state index in [0.717, 1.165) is 17.9 Å². The van der Waals surface area contributed by atoms with Crippen LogP contribution in [-0.2, 0) is 9.53 Å². The van der Waals surface area contributed by atoms with E-state index < -0.39 is 5.60 Å². The molecule has 0 aliphatic heterocycles. The summed E-state index contributed by atoms with van der Waals surface area (Å²) < 4.78 is 5.16. The van der Waals surface area contributed by atoms with Crippen LogP contribution in [0.4, 0.5) is 0 Å². The molecule has 0 spiro atoms. The Bertz CT molecular complexity index is 246. The Labute approximate surface area is 103 Å². The van der Waals surface area contributed by atoms with Crippen LogP contribution in [0.3, 0.4) is 0 Å². The first kappa shape index (κ1) is 15.3. The van der Waals surface area contributed by atoms with E-state index in [1.165, 1.54) is 7.05 Å². The van der Waals surface area contributed by atoms with Crippen LogP contribution >= 0.6 is 12.2 Å². The fourth-order valence-corrected chi connectivity index (χ4v) is 1.24. The number of esters is 1. The first-order chi connectivity index (χ1) is 7.22. The van der Waals surface area contributed by atoms with Crippen molar-refractivity contribution < 1.29 is 14.7 Å². The van der Waals surface area contributed by atoms with Gasteiger partial charge in [0.25, 0.3) is 0 Å². The van der Waals surface area contributed by atoms with Gasteiger partial charge in [-0.3, -0.25) is 15.1 Å². The van der Waals surface area contributed by atoms with E-state index in [9.17, 15) is 4.79 Å². The molecule has 4 nitrogen and oxygen atoms in total. The van der Waals surface area contributed by atoms with Crippen molar-refractivity contribution >= 4 is 23.2 Å². The summed E-state index contributed by atoms with van der Waals surface area (Å²) in [6.07, 6.45) is 2.52. The third-order valence-corrected chi connectivity index (χ3v) is 2.27. The fourth-order valence-electron chi connectivity index (χ4n) is 1.10. The number of nitrogens with zero attached hydrogens (tertiary/aromatic N) is 1. The molecule has 0 aliphatic carbocycles. The molecule has 0 saturated heterocycles. The van der Waals surface area contributed by atoms with Gasteiger partial charge in [-0.1, -0.05) is 12.2 Å². The van der Waals surface area contributed by atoms with Crippen molar-refractivity contribution in [1.29, 1.82) is 0 Å². The Balaban J connectivity index is 3.60. The van der Waals surface area contributed by atoms with Gasteiger partial charge in [-0.15, -0.1) is 0 Å². The molecule has 0 bridgehead atoms. The molecule has 0 aromatic rings.